The van der Waals surface area contributed by atoms with Crippen molar-refractivity contribution < 1.29 is 39.1 Å². The second-order valence-corrected chi connectivity index (χ2v) is 12.5. The number of carbonyl (C=O) groups is 5. The zero-order valence-corrected chi connectivity index (χ0v) is 29.3. The van der Waals surface area contributed by atoms with Crippen LogP contribution in [0.25, 0.3) is 0 Å². The first-order chi connectivity index (χ1) is 24.1. The van der Waals surface area contributed by atoms with Gasteiger partial charge in [-0.2, -0.15) is 0 Å². The molecule has 17 nitrogen and oxygen atoms in total. The molecule has 0 spiro atoms. The molecule has 6 atom stereocenters. The molecule has 2 aromatic carbocycles. The van der Waals surface area contributed by atoms with Crippen LogP contribution in [0.15, 0.2) is 54.6 Å². The zero-order chi connectivity index (χ0) is 38.1. The number of non-ortho nitro benzene ring substituents is 1. The average Bonchev–Trinajstić information content (AvgIpc) is 3.08. The summed E-state index contributed by atoms with van der Waals surface area (Å²) in [4.78, 5) is 74.1. The molecule has 0 radical (unpaired) electrons. The summed E-state index contributed by atoms with van der Waals surface area (Å²) in [7, 11) is 0. The van der Waals surface area contributed by atoms with Crippen LogP contribution in [-0.2, 0) is 37.1 Å². The van der Waals surface area contributed by atoms with Crippen LogP contribution in [-0.4, -0.2) is 94.1 Å². The van der Waals surface area contributed by atoms with Gasteiger partial charge in [0.1, 0.15) is 18.1 Å². The van der Waals surface area contributed by atoms with E-state index in [-0.39, 0.29) is 5.69 Å². The summed E-state index contributed by atoms with van der Waals surface area (Å²) in [5, 5.41) is 47.1. The normalized spacial score (nSPS) is 14.6. The molecule has 2 rings (SSSR count). The number of amides is 5. The number of benzene rings is 2. The van der Waals surface area contributed by atoms with Crippen LogP contribution < -0.4 is 37.6 Å². The third-order valence-corrected chi connectivity index (χ3v) is 7.87. The Kier molecular flexibility index (Phi) is 17.6. The maximum atomic E-state index is 13.2. The van der Waals surface area contributed by atoms with Crippen LogP contribution in [0.3, 0.4) is 0 Å². The molecule has 0 heterocycles. The first kappa shape index (κ1) is 42.2. The van der Waals surface area contributed by atoms with Gasteiger partial charge < -0.3 is 47.8 Å². The van der Waals surface area contributed by atoms with Crippen LogP contribution in [0.1, 0.15) is 51.7 Å². The van der Waals surface area contributed by atoms with Crippen LogP contribution in [0.5, 0.6) is 0 Å². The molecule has 0 aliphatic rings. The van der Waals surface area contributed by atoms with E-state index in [9.17, 15) is 44.3 Å². The molecule has 280 valence electrons. The first-order valence-electron chi connectivity index (χ1n) is 16.6. The van der Waals surface area contributed by atoms with E-state index in [4.69, 9.17) is 5.73 Å². The van der Waals surface area contributed by atoms with Gasteiger partial charge in [0.05, 0.1) is 29.7 Å². The largest absolute Gasteiger partial charge is 0.391 e. The highest BCUT2D eigenvalue weighted by Gasteiger charge is 2.33. The van der Waals surface area contributed by atoms with Gasteiger partial charge in [-0.1, -0.05) is 56.3 Å². The molecule has 0 unspecified atom stereocenters. The third-order valence-electron chi connectivity index (χ3n) is 7.87. The van der Waals surface area contributed by atoms with E-state index >= 15 is 0 Å². The lowest BCUT2D eigenvalue weighted by Gasteiger charge is -2.28. The Bertz CT molecular complexity index is 1460. The molecule has 0 bridgehead atoms. The van der Waals surface area contributed by atoms with Crippen molar-refractivity contribution in [1.82, 2.24) is 31.9 Å². The smallest absolute Gasteiger partial charge is 0.269 e. The molecular weight excluding hydrogens is 664 g/mol. The van der Waals surface area contributed by atoms with Gasteiger partial charge in [0.15, 0.2) is 0 Å². The maximum Gasteiger partial charge on any atom is 0.269 e. The number of nitrogens with zero attached hydrogens (tertiary/aromatic N) is 1. The number of hydrogen-bond donors (Lipinski definition) is 9. The van der Waals surface area contributed by atoms with E-state index in [0.717, 1.165) is 11.1 Å². The summed E-state index contributed by atoms with van der Waals surface area (Å²) >= 11 is 0. The van der Waals surface area contributed by atoms with Crippen molar-refractivity contribution in [3.63, 3.8) is 0 Å². The Balaban J connectivity index is 1.98. The monoisotopic (exact) mass is 714 g/mol. The number of carbonyl (C=O) groups excluding carboxylic acids is 5. The predicted octanol–water partition coefficient (Wildman–Crippen LogP) is -0.903. The summed E-state index contributed by atoms with van der Waals surface area (Å²) in [5.41, 5.74) is 7.06. The third kappa shape index (κ3) is 14.8. The standard InChI is InChI=1S/C34H50N8O9/c1-20(2)28(33(48)41-29(21(3)43)31(35)46)40-34(49)30(22(4)44)39-27(45)19-38-32(47)26(37-18-23-9-6-5-7-10-23)11-8-16-36-17-24-12-14-25(15-13-24)42(50)51/h5-7,9-10,12-15,20-22,26,28-30,36-37,43-44H,8,11,16-19H2,1-4H3,(H2,35,46)(H,38,47)(H,39,45)(H,40,49)(H,41,48)/t21-,22-,26+,28+,29+,30+/m1/s1. The number of nitro benzene ring substituents is 1. The van der Waals surface area contributed by atoms with E-state index in [0.29, 0.717) is 32.5 Å². The van der Waals surface area contributed by atoms with Gasteiger partial charge >= 0.3 is 0 Å². The molecule has 2 aromatic rings. The van der Waals surface area contributed by atoms with Crippen LogP contribution in [0, 0.1) is 16.0 Å². The highest BCUT2D eigenvalue weighted by atomic mass is 16.6. The molecule has 5 amide bonds. The van der Waals surface area contributed by atoms with Crippen molar-refractivity contribution in [2.24, 2.45) is 11.7 Å². The number of primary amides is 1. The van der Waals surface area contributed by atoms with Crippen molar-refractivity contribution in [1.29, 1.82) is 0 Å². The van der Waals surface area contributed by atoms with E-state index in [1.807, 2.05) is 30.3 Å². The van der Waals surface area contributed by atoms with E-state index < -0.39 is 83.3 Å². The molecule has 0 saturated carbocycles. The minimum atomic E-state index is -1.50. The Labute approximate surface area is 296 Å². The van der Waals surface area contributed by atoms with Crippen LogP contribution in [0.2, 0.25) is 0 Å². The Morgan fingerprint density at radius 3 is 1.88 bits per heavy atom. The van der Waals surface area contributed by atoms with Gasteiger partial charge in [0, 0.05) is 25.2 Å². The van der Waals surface area contributed by atoms with Gasteiger partial charge in [-0.15, -0.1) is 0 Å². The number of hydrogen-bond acceptors (Lipinski definition) is 11. The SMILES string of the molecule is CC(C)[C@H](NC(=O)[C@@H](NC(=O)CNC(=O)[C@H](CCCNCc1ccc([N+](=O)[O-])cc1)NCc1ccccc1)[C@@H](C)O)C(=O)N[C@H](C(N)=O)[C@@H](C)O. The van der Waals surface area contributed by atoms with Crippen molar-refractivity contribution in [3.05, 3.63) is 75.8 Å². The summed E-state index contributed by atoms with van der Waals surface area (Å²) in [6.07, 6.45) is -1.72. The zero-order valence-electron chi connectivity index (χ0n) is 29.3. The van der Waals surface area contributed by atoms with Crippen molar-refractivity contribution in [3.8, 4) is 0 Å². The predicted molar refractivity (Wildman–Crippen MR) is 187 cm³/mol. The average molecular weight is 715 g/mol. The minimum Gasteiger partial charge on any atom is -0.391 e. The van der Waals surface area contributed by atoms with Crippen molar-refractivity contribution in [2.75, 3.05) is 13.1 Å². The molecule has 0 aromatic heterocycles. The van der Waals surface area contributed by atoms with Gasteiger partial charge in [-0.25, -0.2) is 0 Å². The number of nitro groups is 1. The fourth-order valence-electron chi connectivity index (χ4n) is 4.93. The first-order valence-corrected chi connectivity index (χ1v) is 16.6. The molecule has 0 saturated heterocycles. The number of nitrogens with two attached hydrogens (primary N) is 1. The second-order valence-electron chi connectivity index (χ2n) is 12.5. The molecular formula is C34H50N8O9. The number of rotatable bonds is 22. The Hall–Kier alpha value is -4.97. The molecule has 51 heavy (non-hydrogen) atoms. The summed E-state index contributed by atoms with van der Waals surface area (Å²) in [6.45, 7) is 6.66. The van der Waals surface area contributed by atoms with Crippen molar-refractivity contribution >= 4 is 35.2 Å². The molecule has 0 aliphatic heterocycles. The topological polar surface area (TPSA) is 267 Å². The quantitative estimate of drug-likeness (QED) is 0.0410. The van der Waals surface area contributed by atoms with E-state index in [1.54, 1.807) is 26.0 Å². The molecule has 0 fully saturated rings. The second kappa shape index (κ2) is 21.3. The summed E-state index contributed by atoms with van der Waals surface area (Å²) in [6, 6.07) is 10.8. The van der Waals surface area contributed by atoms with Gasteiger partial charge in [0.2, 0.25) is 29.5 Å². The van der Waals surface area contributed by atoms with E-state index in [1.165, 1.54) is 26.0 Å². The van der Waals surface area contributed by atoms with Gasteiger partial charge in [-0.3, -0.25) is 34.1 Å². The number of aliphatic hydroxyl groups is 2. The summed E-state index contributed by atoms with van der Waals surface area (Å²) < 4.78 is 0. The number of nitrogens with one attached hydrogen (secondary N) is 6. The van der Waals surface area contributed by atoms with Gasteiger partial charge in [-0.05, 0) is 50.3 Å². The highest BCUT2D eigenvalue weighted by molar-refractivity contribution is 5.95. The lowest BCUT2D eigenvalue weighted by Crippen LogP contribution is -2.61. The molecule has 10 N–H and O–H groups in total. The van der Waals surface area contributed by atoms with E-state index in [2.05, 4.69) is 31.9 Å². The van der Waals surface area contributed by atoms with Crippen LogP contribution >= 0.6 is 0 Å². The molecule has 17 heteroatoms. The lowest BCUT2D eigenvalue weighted by atomic mass is 10.0. The molecule has 0 aliphatic carbocycles. The maximum absolute atomic E-state index is 13.2. The Morgan fingerprint density at radius 1 is 0.765 bits per heavy atom. The summed E-state index contributed by atoms with van der Waals surface area (Å²) in [5.74, 6) is -4.41. The fourth-order valence-corrected chi connectivity index (χ4v) is 4.93. The van der Waals surface area contributed by atoms with Gasteiger partial charge in [0.25, 0.3) is 5.69 Å². The lowest BCUT2D eigenvalue weighted by molar-refractivity contribution is -0.384. The number of aliphatic hydroxyl groups excluding tert-OH is 2. The van der Waals surface area contributed by atoms with Crippen LogP contribution in [0.4, 0.5) is 5.69 Å². The minimum absolute atomic E-state index is 0.00487. The van der Waals surface area contributed by atoms with Crippen molar-refractivity contribution in [2.45, 2.75) is 90.0 Å². The fraction of sp³-hybridized carbons (Fsp3) is 0.500. The Morgan fingerprint density at radius 2 is 1.33 bits per heavy atom. The highest BCUT2D eigenvalue weighted by Crippen LogP contribution is 2.12.